The predicted molar refractivity (Wildman–Crippen MR) is 81.3 cm³/mol. The van der Waals surface area contributed by atoms with Gasteiger partial charge in [-0.1, -0.05) is 0 Å². The summed E-state index contributed by atoms with van der Waals surface area (Å²) in [6.45, 7) is 6.82. The number of ether oxygens (including phenoxy) is 1. The SMILES string of the molecule is CC(NC(=O)CCC(=O)c1cccnc1)C(=O)OC(C)(C)C. The van der Waals surface area contributed by atoms with E-state index in [1.165, 1.54) is 6.20 Å². The third-order valence-electron chi connectivity index (χ3n) is 2.70. The van der Waals surface area contributed by atoms with Crippen LogP contribution in [0.5, 0.6) is 0 Å². The summed E-state index contributed by atoms with van der Waals surface area (Å²) in [5, 5.41) is 2.53. The monoisotopic (exact) mass is 306 g/mol. The van der Waals surface area contributed by atoms with Gasteiger partial charge in [0.05, 0.1) is 0 Å². The second-order valence-electron chi connectivity index (χ2n) is 5.99. The van der Waals surface area contributed by atoms with Crippen LogP contribution in [0, 0.1) is 0 Å². The van der Waals surface area contributed by atoms with Crippen LogP contribution in [0.3, 0.4) is 0 Å². The van der Waals surface area contributed by atoms with Gasteiger partial charge in [-0.25, -0.2) is 4.79 Å². The molecule has 0 saturated heterocycles. The molecule has 0 aliphatic carbocycles. The predicted octanol–water partition coefficient (Wildman–Crippen LogP) is 1.89. The lowest BCUT2D eigenvalue weighted by atomic mass is 10.1. The van der Waals surface area contributed by atoms with Crippen LogP contribution in [-0.4, -0.2) is 34.3 Å². The van der Waals surface area contributed by atoms with E-state index in [1.807, 2.05) is 0 Å². The molecule has 1 heterocycles. The number of nitrogens with one attached hydrogen (secondary N) is 1. The Hall–Kier alpha value is -2.24. The lowest BCUT2D eigenvalue weighted by Crippen LogP contribution is -2.42. The van der Waals surface area contributed by atoms with E-state index in [1.54, 1.807) is 46.0 Å². The Balaban J connectivity index is 2.40. The molecular weight excluding hydrogens is 284 g/mol. The van der Waals surface area contributed by atoms with Gasteiger partial charge >= 0.3 is 5.97 Å². The Morgan fingerprint density at radius 3 is 2.50 bits per heavy atom. The number of carbonyl (C=O) groups is 3. The van der Waals surface area contributed by atoms with E-state index in [4.69, 9.17) is 4.74 Å². The van der Waals surface area contributed by atoms with E-state index in [0.29, 0.717) is 5.56 Å². The van der Waals surface area contributed by atoms with Crippen LogP contribution in [0.15, 0.2) is 24.5 Å². The van der Waals surface area contributed by atoms with Gasteiger partial charge in [0.25, 0.3) is 0 Å². The highest BCUT2D eigenvalue weighted by atomic mass is 16.6. The van der Waals surface area contributed by atoms with Crippen molar-refractivity contribution in [3.05, 3.63) is 30.1 Å². The van der Waals surface area contributed by atoms with Gasteiger partial charge in [0.15, 0.2) is 5.78 Å². The van der Waals surface area contributed by atoms with Gasteiger partial charge in [0.2, 0.25) is 5.91 Å². The molecule has 1 atom stereocenters. The second kappa shape index (κ2) is 7.68. The summed E-state index contributed by atoms with van der Waals surface area (Å²) in [6.07, 6.45) is 3.12. The largest absolute Gasteiger partial charge is 0.458 e. The number of Topliss-reactive ketones (excluding diaryl/α,β-unsaturated/α-hetero) is 1. The van der Waals surface area contributed by atoms with Crippen molar-refractivity contribution in [3.8, 4) is 0 Å². The Morgan fingerprint density at radius 2 is 1.95 bits per heavy atom. The zero-order chi connectivity index (χ0) is 16.8. The fraction of sp³-hybridized carbons (Fsp3) is 0.500. The highest BCUT2D eigenvalue weighted by Crippen LogP contribution is 2.09. The fourth-order valence-electron chi connectivity index (χ4n) is 1.66. The lowest BCUT2D eigenvalue weighted by Gasteiger charge is -2.22. The third kappa shape index (κ3) is 6.47. The highest BCUT2D eigenvalue weighted by Gasteiger charge is 2.23. The molecule has 22 heavy (non-hydrogen) atoms. The quantitative estimate of drug-likeness (QED) is 0.641. The Morgan fingerprint density at radius 1 is 1.27 bits per heavy atom. The van der Waals surface area contributed by atoms with Crippen molar-refractivity contribution in [3.63, 3.8) is 0 Å². The second-order valence-corrected chi connectivity index (χ2v) is 5.99. The number of hydrogen-bond acceptors (Lipinski definition) is 5. The molecule has 1 rings (SSSR count). The Labute approximate surface area is 130 Å². The van der Waals surface area contributed by atoms with E-state index in [2.05, 4.69) is 10.3 Å². The molecular formula is C16H22N2O4. The molecule has 0 aliphatic heterocycles. The van der Waals surface area contributed by atoms with Crippen molar-refractivity contribution in [2.75, 3.05) is 0 Å². The van der Waals surface area contributed by atoms with E-state index in [9.17, 15) is 14.4 Å². The number of nitrogens with zero attached hydrogens (tertiary/aromatic N) is 1. The van der Waals surface area contributed by atoms with Crippen molar-refractivity contribution in [1.29, 1.82) is 0 Å². The van der Waals surface area contributed by atoms with Gasteiger partial charge in [-0.05, 0) is 39.8 Å². The zero-order valence-corrected chi connectivity index (χ0v) is 13.4. The summed E-state index contributed by atoms with van der Waals surface area (Å²) in [5.74, 6) is -1.02. The van der Waals surface area contributed by atoms with Crippen molar-refractivity contribution in [2.24, 2.45) is 0 Å². The number of hydrogen-bond donors (Lipinski definition) is 1. The van der Waals surface area contributed by atoms with Crippen molar-refractivity contribution < 1.29 is 19.1 Å². The molecule has 0 radical (unpaired) electrons. The first-order chi connectivity index (χ1) is 10.2. The average Bonchev–Trinajstić information content (AvgIpc) is 2.43. The molecule has 0 aliphatic rings. The Bertz CT molecular complexity index is 535. The fourth-order valence-corrected chi connectivity index (χ4v) is 1.66. The van der Waals surface area contributed by atoms with E-state index >= 15 is 0 Å². The standard InChI is InChI=1S/C16H22N2O4/c1-11(15(21)22-16(2,3)4)18-14(20)8-7-13(19)12-6-5-9-17-10-12/h5-6,9-11H,7-8H2,1-4H3,(H,18,20). The van der Waals surface area contributed by atoms with Gasteiger partial charge in [-0.3, -0.25) is 14.6 Å². The summed E-state index contributed by atoms with van der Waals surface area (Å²) in [6, 6.07) is 2.56. The molecule has 0 fully saturated rings. The number of aromatic nitrogens is 1. The van der Waals surface area contributed by atoms with Gasteiger partial charge in [-0.2, -0.15) is 0 Å². The molecule has 1 amide bonds. The van der Waals surface area contributed by atoms with E-state index in [0.717, 1.165) is 0 Å². The first kappa shape index (κ1) is 17.8. The van der Waals surface area contributed by atoms with Crippen LogP contribution in [0.2, 0.25) is 0 Å². The summed E-state index contributed by atoms with van der Waals surface area (Å²) < 4.78 is 5.17. The van der Waals surface area contributed by atoms with Crippen molar-refractivity contribution in [2.45, 2.75) is 52.2 Å². The van der Waals surface area contributed by atoms with Crippen LogP contribution >= 0.6 is 0 Å². The summed E-state index contributed by atoms with van der Waals surface area (Å²) in [7, 11) is 0. The van der Waals surface area contributed by atoms with Gasteiger partial charge in [0.1, 0.15) is 11.6 Å². The number of amides is 1. The normalized spacial score (nSPS) is 12.4. The molecule has 120 valence electrons. The zero-order valence-electron chi connectivity index (χ0n) is 13.4. The maximum atomic E-state index is 11.8. The molecule has 0 spiro atoms. The van der Waals surface area contributed by atoms with Crippen LogP contribution in [0.4, 0.5) is 0 Å². The molecule has 1 unspecified atom stereocenters. The molecule has 1 aromatic heterocycles. The topological polar surface area (TPSA) is 85.4 Å². The molecule has 1 aromatic rings. The molecule has 6 nitrogen and oxygen atoms in total. The summed E-state index contributed by atoms with van der Waals surface area (Å²) in [4.78, 5) is 39.2. The first-order valence-electron chi connectivity index (χ1n) is 7.14. The molecule has 0 saturated carbocycles. The third-order valence-corrected chi connectivity index (χ3v) is 2.70. The van der Waals surface area contributed by atoms with Crippen molar-refractivity contribution in [1.82, 2.24) is 10.3 Å². The number of esters is 1. The van der Waals surface area contributed by atoms with Crippen LogP contribution in [-0.2, 0) is 14.3 Å². The Kier molecular flexibility index (Phi) is 6.22. The number of carbonyl (C=O) groups excluding carboxylic acids is 3. The van der Waals surface area contributed by atoms with Gasteiger partial charge in [0, 0.05) is 30.8 Å². The molecule has 0 aromatic carbocycles. The minimum absolute atomic E-state index is 0.0147. The molecule has 1 N–H and O–H groups in total. The van der Waals surface area contributed by atoms with Gasteiger partial charge < -0.3 is 10.1 Å². The summed E-state index contributed by atoms with van der Waals surface area (Å²) in [5.41, 5.74) is -0.137. The van der Waals surface area contributed by atoms with Crippen LogP contribution in [0.25, 0.3) is 0 Å². The smallest absolute Gasteiger partial charge is 0.328 e. The maximum Gasteiger partial charge on any atom is 0.328 e. The van der Waals surface area contributed by atoms with Gasteiger partial charge in [-0.15, -0.1) is 0 Å². The highest BCUT2D eigenvalue weighted by molar-refractivity contribution is 5.97. The average molecular weight is 306 g/mol. The van der Waals surface area contributed by atoms with Crippen LogP contribution < -0.4 is 5.32 Å². The minimum atomic E-state index is -0.750. The number of pyridine rings is 1. The van der Waals surface area contributed by atoms with Crippen LogP contribution in [0.1, 0.15) is 50.9 Å². The molecule has 0 bridgehead atoms. The van der Waals surface area contributed by atoms with E-state index in [-0.39, 0.29) is 24.5 Å². The number of rotatable bonds is 6. The number of ketones is 1. The lowest BCUT2D eigenvalue weighted by molar-refractivity contribution is -0.158. The van der Waals surface area contributed by atoms with E-state index < -0.39 is 17.6 Å². The van der Waals surface area contributed by atoms with Crippen molar-refractivity contribution >= 4 is 17.7 Å². The minimum Gasteiger partial charge on any atom is -0.458 e. The maximum absolute atomic E-state index is 11.8. The first-order valence-corrected chi connectivity index (χ1v) is 7.14. The molecule has 6 heteroatoms. The summed E-state index contributed by atoms with van der Waals surface area (Å²) >= 11 is 0.